The molecule has 1 N–H and O–H groups in total. The van der Waals surface area contributed by atoms with Crippen LogP contribution in [0.25, 0.3) is 0 Å². The molecule has 1 aliphatic heterocycles. The molecular formula is C9H15NO3. The Labute approximate surface area is 77.6 Å². The Hall–Kier alpha value is -0.610. The Morgan fingerprint density at radius 3 is 2.85 bits per heavy atom. The molecule has 4 heteroatoms. The minimum atomic E-state index is 0.149. The molecule has 13 heavy (non-hydrogen) atoms. The standard InChI is InChI=1S/C9H15NO3/c11-9(7-1-2-7)10-5-8-3-4-12-6-13-8/h7-8H,1-6H2,(H,10,11). The Morgan fingerprint density at radius 1 is 1.38 bits per heavy atom. The van der Waals surface area contributed by atoms with E-state index in [1.54, 1.807) is 0 Å². The smallest absolute Gasteiger partial charge is 0.223 e. The average molecular weight is 185 g/mol. The van der Waals surface area contributed by atoms with Crippen molar-refractivity contribution >= 4 is 5.91 Å². The van der Waals surface area contributed by atoms with Gasteiger partial charge in [-0.1, -0.05) is 0 Å². The minimum absolute atomic E-state index is 0.149. The van der Waals surface area contributed by atoms with E-state index in [4.69, 9.17) is 9.47 Å². The zero-order chi connectivity index (χ0) is 9.10. The number of ether oxygens (including phenoxy) is 2. The highest BCUT2D eigenvalue weighted by molar-refractivity contribution is 5.80. The fourth-order valence-corrected chi connectivity index (χ4v) is 1.37. The molecule has 1 saturated heterocycles. The normalized spacial score (nSPS) is 28.5. The van der Waals surface area contributed by atoms with Crippen LogP contribution in [0.3, 0.4) is 0 Å². The quantitative estimate of drug-likeness (QED) is 0.686. The highest BCUT2D eigenvalue weighted by atomic mass is 16.7. The Bertz CT molecular complexity index is 185. The SMILES string of the molecule is O=C(NCC1CCOCO1)C1CC1. The van der Waals surface area contributed by atoms with Crippen molar-refractivity contribution in [3.8, 4) is 0 Å². The lowest BCUT2D eigenvalue weighted by Gasteiger charge is -2.22. The molecule has 1 saturated carbocycles. The van der Waals surface area contributed by atoms with Crippen molar-refractivity contribution in [1.82, 2.24) is 5.32 Å². The van der Waals surface area contributed by atoms with Crippen LogP contribution in [0.15, 0.2) is 0 Å². The third-order valence-corrected chi connectivity index (χ3v) is 2.42. The molecule has 0 radical (unpaired) electrons. The van der Waals surface area contributed by atoms with Gasteiger partial charge in [-0.3, -0.25) is 4.79 Å². The molecule has 2 rings (SSSR count). The second-order valence-electron chi connectivity index (χ2n) is 3.62. The topological polar surface area (TPSA) is 47.6 Å². The van der Waals surface area contributed by atoms with Crippen LogP contribution in [0.5, 0.6) is 0 Å². The summed E-state index contributed by atoms with van der Waals surface area (Å²) in [6.45, 7) is 1.74. The van der Waals surface area contributed by atoms with Gasteiger partial charge in [0.25, 0.3) is 0 Å². The van der Waals surface area contributed by atoms with E-state index >= 15 is 0 Å². The number of hydrogen-bond acceptors (Lipinski definition) is 3. The van der Waals surface area contributed by atoms with E-state index in [9.17, 15) is 4.79 Å². The van der Waals surface area contributed by atoms with Gasteiger partial charge in [0, 0.05) is 12.5 Å². The summed E-state index contributed by atoms with van der Waals surface area (Å²) in [5.74, 6) is 0.481. The van der Waals surface area contributed by atoms with Crippen molar-refractivity contribution in [2.24, 2.45) is 5.92 Å². The molecule has 74 valence electrons. The van der Waals surface area contributed by atoms with Gasteiger partial charge in [0.15, 0.2) is 0 Å². The first-order valence-electron chi connectivity index (χ1n) is 4.83. The summed E-state index contributed by atoms with van der Waals surface area (Å²) in [6.07, 6.45) is 3.14. The molecule has 2 fully saturated rings. The van der Waals surface area contributed by atoms with Crippen LogP contribution >= 0.6 is 0 Å². The fraction of sp³-hybridized carbons (Fsp3) is 0.889. The Kier molecular flexibility index (Phi) is 2.80. The molecule has 1 aliphatic carbocycles. The van der Waals surface area contributed by atoms with Crippen LogP contribution in [-0.4, -0.2) is 32.0 Å². The van der Waals surface area contributed by atoms with Crippen LogP contribution in [0.2, 0.25) is 0 Å². The van der Waals surface area contributed by atoms with Gasteiger partial charge in [-0.05, 0) is 19.3 Å². The molecule has 0 spiro atoms. The van der Waals surface area contributed by atoms with Gasteiger partial charge in [0.1, 0.15) is 6.79 Å². The number of nitrogens with one attached hydrogen (secondary N) is 1. The zero-order valence-corrected chi connectivity index (χ0v) is 7.62. The predicted octanol–water partition coefficient (Wildman–Crippen LogP) is 0.276. The minimum Gasteiger partial charge on any atom is -0.355 e. The van der Waals surface area contributed by atoms with Gasteiger partial charge in [-0.15, -0.1) is 0 Å². The summed E-state index contributed by atoms with van der Waals surface area (Å²) in [6, 6.07) is 0. The maximum atomic E-state index is 11.3. The maximum absolute atomic E-state index is 11.3. The van der Waals surface area contributed by atoms with E-state index in [-0.39, 0.29) is 12.0 Å². The molecule has 1 atom stereocenters. The van der Waals surface area contributed by atoms with Gasteiger partial charge >= 0.3 is 0 Å². The predicted molar refractivity (Wildman–Crippen MR) is 46.0 cm³/mol. The fourth-order valence-electron chi connectivity index (χ4n) is 1.37. The highest BCUT2D eigenvalue weighted by Crippen LogP contribution is 2.28. The lowest BCUT2D eigenvalue weighted by atomic mass is 10.2. The van der Waals surface area contributed by atoms with E-state index in [1.165, 1.54) is 0 Å². The molecule has 4 nitrogen and oxygen atoms in total. The summed E-state index contributed by atoms with van der Waals surface area (Å²) in [5, 5.41) is 2.89. The second kappa shape index (κ2) is 4.07. The molecule has 1 unspecified atom stereocenters. The van der Waals surface area contributed by atoms with Crippen LogP contribution in [-0.2, 0) is 14.3 Å². The van der Waals surface area contributed by atoms with Crippen LogP contribution in [0, 0.1) is 5.92 Å². The summed E-state index contributed by atoms with van der Waals surface area (Å²) >= 11 is 0. The number of carbonyl (C=O) groups is 1. The molecule has 2 aliphatic rings. The lowest BCUT2D eigenvalue weighted by Crippen LogP contribution is -2.37. The molecular weight excluding hydrogens is 170 g/mol. The zero-order valence-electron chi connectivity index (χ0n) is 7.62. The van der Waals surface area contributed by atoms with E-state index in [2.05, 4.69) is 5.32 Å². The van der Waals surface area contributed by atoms with E-state index < -0.39 is 0 Å². The van der Waals surface area contributed by atoms with Crippen molar-refractivity contribution in [2.45, 2.75) is 25.4 Å². The van der Waals surface area contributed by atoms with E-state index in [1.807, 2.05) is 0 Å². The molecule has 1 amide bonds. The second-order valence-corrected chi connectivity index (χ2v) is 3.62. The summed E-state index contributed by atoms with van der Waals surface area (Å²) in [5.41, 5.74) is 0. The maximum Gasteiger partial charge on any atom is 0.223 e. The van der Waals surface area contributed by atoms with Gasteiger partial charge in [0.2, 0.25) is 5.91 Å². The number of hydrogen-bond donors (Lipinski definition) is 1. The lowest BCUT2D eigenvalue weighted by molar-refractivity contribution is -0.141. The van der Waals surface area contributed by atoms with E-state index in [0.717, 1.165) is 25.9 Å². The number of carbonyl (C=O) groups excluding carboxylic acids is 1. The monoisotopic (exact) mass is 185 g/mol. The Morgan fingerprint density at radius 2 is 2.23 bits per heavy atom. The highest BCUT2D eigenvalue weighted by Gasteiger charge is 2.29. The van der Waals surface area contributed by atoms with Gasteiger partial charge in [0.05, 0.1) is 12.7 Å². The summed E-state index contributed by atoms with van der Waals surface area (Å²) in [7, 11) is 0. The average Bonchev–Trinajstić information content (AvgIpc) is 2.99. The van der Waals surface area contributed by atoms with Crippen LogP contribution < -0.4 is 5.32 Å². The summed E-state index contributed by atoms with van der Waals surface area (Å²) in [4.78, 5) is 11.3. The first-order valence-corrected chi connectivity index (χ1v) is 4.83. The van der Waals surface area contributed by atoms with Crippen molar-refractivity contribution in [2.75, 3.05) is 19.9 Å². The van der Waals surface area contributed by atoms with E-state index in [0.29, 0.717) is 19.3 Å². The van der Waals surface area contributed by atoms with Crippen LogP contribution in [0.4, 0.5) is 0 Å². The van der Waals surface area contributed by atoms with Crippen molar-refractivity contribution in [1.29, 1.82) is 0 Å². The van der Waals surface area contributed by atoms with Crippen molar-refractivity contribution < 1.29 is 14.3 Å². The Balaban J connectivity index is 1.62. The largest absolute Gasteiger partial charge is 0.355 e. The third-order valence-electron chi connectivity index (χ3n) is 2.42. The summed E-state index contributed by atoms with van der Waals surface area (Å²) < 4.78 is 10.3. The number of rotatable bonds is 3. The first kappa shape index (κ1) is 8.97. The molecule has 0 aromatic carbocycles. The van der Waals surface area contributed by atoms with Crippen molar-refractivity contribution in [3.63, 3.8) is 0 Å². The molecule has 0 aromatic rings. The molecule has 1 heterocycles. The third kappa shape index (κ3) is 2.67. The first-order chi connectivity index (χ1) is 6.36. The molecule has 0 bridgehead atoms. The van der Waals surface area contributed by atoms with Gasteiger partial charge in [-0.25, -0.2) is 0 Å². The van der Waals surface area contributed by atoms with Gasteiger partial charge < -0.3 is 14.8 Å². The molecule has 0 aromatic heterocycles. The van der Waals surface area contributed by atoms with Gasteiger partial charge in [-0.2, -0.15) is 0 Å². The van der Waals surface area contributed by atoms with Crippen molar-refractivity contribution in [3.05, 3.63) is 0 Å². The number of amides is 1. The van der Waals surface area contributed by atoms with Crippen LogP contribution in [0.1, 0.15) is 19.3 Å².